The Labute approximate surface area is 117 Å². The number of carbonyl (C=O) groups excluding carboxylic acids is 1. The van der Waals surface area contributed by atoms with Gasteiger partial charge in [-0.1, -0.05) is 15.9 Å². The lowest BCUT2D eigenvalue weighted by Crippen LogP contribution is -2.36. The lowest BCUT2D eigenvalue weighted by molar-refractivity contribution is -0.137. The molecule has 1 aromatic rings. The van der Waals surface area contributed by atoms with E-state index in [1.807, 2.05) is 5.32 Å². The van der Waals surface area contributed by atoms with Crippen LogP contribution in [0.15, 0.2) is 22.7 Å². The normalized spacial score (nSPS) is 12.2. The molecule has 20 heavy (non-hydrogen) atoms. The molecule has 1 rings (SSSR count). The van der Waals surface area contributed by atoms with Crippen LogP contribution in [-0.2, 0) is 6.18 Å². The Morgan fingerprint density at radius 3 is 2.20 bits per heavy atom. The average Bonchev–Trinajstić information content (AvgIpc) is 2.23. The van der Waals surface area contributed by atoms with E-state index in [0.29, 0.717) is 6.07 Å². The molecular formula is C10H7BrF6N2O. The second kappa shape index (κ2) is 5.90. The first kappa shape index (κ1) is 16.6. The van der Waals surface area contributed by atoms with E-state index in [4.69, 9.17) is 0 Å². The summed E-state index contributed by atoms with van der Waals surface area (Å²) in [5.74, 6) is 0. The van der Waals surface area contributed by atoms with E-state index in [2.05, 4.69) is 15.9 Å². The van der Waals surface area contributed by atoms with Crippen LogP contribution < -0.4 is 10.6 Å². The van der Waals surface area contributed by atoms with E-state index < -0.39 is 30.5 Å². The minimum absolute atomic E-state index is 0.0263. The Hall–Kier alpha value is -1.45. The minimum atomic E-state index is -4.64. The number of hydrogen-bond acceptors (Lipinski definition) is 1. The van der Waals surface area contributed by atoms with Crippen molar-refractivity contribution in [1.29, 1.82) is 0 Å². The van der Waals surface area contributed by atoms with Crippen molar-refractivity contribution >= 4 is 27.6 Å². The average molecular weight is 365 g/mol. The zero-order valence-corrected chi connectivity index (χ0v) is 11.1. The first-order chi connectivity index (χ1) is 8.97. The number of nitrogens with one attached hydrogen (secondary N) is 2. The van der Waals surface area contributed by atoms with Gasteiger partial charge >= 0.3 is 18.4 Å². The Balaban J connectivity index is 2.78. The van der Waals surface area contributed by atoms with E-state index >= 15 is 0 Å². The third-order valence-corrected chi connectivity index (χ3v) is 2.39. The number of rotatable bonds is 2. The van der Waals surface area contributed by atoms with E-state index in [-0.39, 0.29) is 10.2 Å². The van der Waals surface area contributed by atoms with Crippen LogP contribution >= 0.6 is 15.9 Å². The Morgan fingerprint density at radius 2 is 1.70 bits per heavy atom. The molecule has 0 heterocycles. The molecule has 0 radical (unpaired) electrons. The van der Waals surface area contributed by atoms with Gasteiger partial charge in [0.25, 0.3) is 0 Å². The molecular weight excluding hydrogens is 358 g/mol. The molecule has 0 spiro atoms. The Bertz CT molecular complexity index is 500. The van der Waals surface area contributed by atoms with Crippen molar-refractivity contribution in [2.75, 3.05) is 11.9 Å². The first-order valence-corrected chi connectivity index (χ1v) is 5.76. The summed E-state index contributed by atoms with van der Waals surface area (Å²) < 4.78 is 73.0. The van der Waals surface area contributed by atoms with Crippen molar-refractivity contribution in [3.8, 4) is 0 Å². The topological polar surface area (TPSA) is 41.1 Å². The van der Waals surface area contributed by atoms with Crippen molar-refractivity contribution in [3.05, 3.63) is 28.2 Å². The molecule has 0 aliphatic heterocycles. The molecule has 2 amide bonds. The summed E-state index contributed by atoms with van der Waals surface area (Å²) in [6.45, 7) is -1.58. The van der Waals surface area contributed by atoms with E-state index in [0.717, 1.165) is 12.1 Å². The number of hydrogen-bond donors (Lipinski definition) is 2. The molecule has 0 saturated carbocycles. The molecule has 0 saturated heterocycles. The fourth-order valence-corrected chi connectivity index (χ4v) is 1.67. The summed E-state index contributed by atoms with van der Waals surface area (Å²) in [7, 11) is 0. The monoisotopic (exact) mass is 364 g/mol. The lowest BCUT2D eigenvalue weighted by atomic mass is 10.2. The fourth-order valence-electron chi connectivity index (χ4n) is 1.18. The summed E-state index contributed by atoms with van der Waals surface area (Å²) >= 11 is 2.81. The van der Waals surface area contributed by atoms with Crippen LogP contribution in [0, 0.1) is 0 Å². The van der Waals surface area contributed by atoms with Gasteiger partial charge in [-0.2, -0.15) is 26.3 Å². The summed E-state index contributed by atoms with van der Waals surface area (Å²) in [5.41, 5.74) is -1.33. The zero-order chi connectivity index (χ0) is 15.6. The van der Waals surface area contributed by atoms with Crippen LogP contribution in [0.2, 0.25) is 0 Å². The number of halogens is 7. The maximum atomic E-state index is 12.5. The predicted molar refractivity (Wildman–Crippen MR) is 62.2 cm³/mol. The third kappa shape index (κ3) is 5.68. The van der Waals surface area contributed by atoms with Gasteiger partial charge in [0, 0.05) is 10.2 Å². The highest BCUT2D eigenvalue weighted by Crippen LogP contribution is 2.33. The molecule has 0 atom stereocenters. The predicted octanol–water partition coefficient (Wildman–Crippen LogP) is 4.15. The van der Waals surface area contributed by atoms with E-state index in [9.17, 15) is 31.1 Å². The zero-order valence-electron chi connectivity index (χ0n) is 9.49. The van der Waals surface area contributed by atoms with Crippen LogP contribution in [0.5, 0.6) is 0 Å². The van der Waals surface area contributed by atoms with Crippen LogP contribution in [-0.4, -0.2) is 18.8 Å². The molecule has 2 N–H and O–H groups in total. The largest absolute Gasteiger partial charge is 0.416 e. The van der Waals surface area contributed by atoms with Crippen LogP contribution in [0.1, 0.15) is 5.56 Å². The van der Waals surface area contributed by atoms with Crippen LogP contribution in [0.25, 0.3) is 0 Å². The number of amides is 2. The summed E-state index contributed by atoms with van der Waals surface area (Å²) in [6.07, 6.45) is -9.24. The third-order valence-electron chi connectivity index (χ3n) is 1.93. The highest BCUT2D eigenvalue weighted by Gasteiger charge is 2.31. The minimum Gasteiger partial charge on any atom is -0.329 e. The molecule has 0 unspecified atom stereocenters. The van der Waals surface area contributed by atoms with Crippen LogP contribution in [0.4, 0.5) is 36.8 Å². The summed E-state index contributed by atoms with van der Waals surface area (Å²) in [4.78, 5) is 11.1. The van der Waals surface area contributed by atoms with Gasteiger partial charge in [-0.25, -0.2) is 4.79 Å². The maximum Gasteiger partial charge on any atom is 0.416 e. The van der Waals surface area contributed by atoms with Gasteiger partial charge in [0.05, 0.1) is 5.56 Å². The van der Waals surface area contributed by atoms with Crippen molar-refractivity contribution in [2.24, 2.45) is 0 Å². The van der Waals surface area contributed by atoms with Crippen molar-refractivity contribution in [2.45, 2.75) is 12.4 Å². The second-order valence-electron chi connectivity index (χ2n) is 3.65. The molecule has 1 aromatic carbocycles. The van der Waals surface area contributed by atoms with Crippen molar-refractivity contribution < 1.29 is 31.1 Å². The molecule has 0 aliphatic rings. The van der Waals surface area contributed by atoms with Gasteiger partial charge in [-0.3, -0.25) is 0 Å². The molecule has 3 nitrogen and oxygen atoms in total. The van der Waals surface area contributed by atoms with Gasteiger partial charge in [-0.15, -0.1) is 0 Å². The second-order valence-corrected chi connectivity index (χ2v) is 4.56. The Kier molecular flexibility index (Phi) is 4.90. The highest BCUT2D eigenvalue weighted by molar-refractivity contribution is 9.10. The first-order valence-electron chi connectivity index (χ1n) is 4.97. The van der Waals surface area contributed by atoms with Crippen LogP contribution in [0.3, 0.4) is 0 Å². The molecule has 0 aliphatic carbocycles. The van der Waals surface area contributed by atoms with Crippen molar-refractivity contribution in [1.82, 2.24) is 5.32 Å². The number of urea groups is 1. The SMILES string of the molecule is O=C(NCC(F)(F)F)Nc1cc(Br)cc(C(F)(F)F)c1. The van der Waals surface area contributed by atoms with Crippen molar-refractivity contribution in [3.63, 3.8) is 0 Å². The molecule has 10 heteroatoms. The summed E-state index contributed by atoms with van der Waals surface area (Å²) in [5, 5.41) is 3.36. The standard InChI is InChI=1S/C10H7BrF6N2O/c11-6-1-5(10(15,16)17)2-7(3-6)19-8(20)18-4-9(12,13)14/h1-3H,4H2,(H2,18,19,20). The fraction of sp³-hybridized carbons (Fsp3) is 0.300. The van der Waals surface area contributed by atoms with Gasteiger partial charge in [-0.05, 0) is 18.2 Å². The van der Waals surface area contributed by atoms with E-state index in [1.165, 1.54) is 5.32 Å². The molecule has 0 bridgehead atoms. The number of carbonyl (C=O) groups is 1. The quantitative estimate of drug-likeness (QED) is 0.760. The number of anilines is 1. The summed E-state index contributed by atoms with van der Waals surface area (Å²) in [6, 6.07) is 1.26. The van der Waals surface area contributed by atoms with Gasteiger partial charge < -0.3 is 10.6 Å². The smallest absolute Gasteiger partial charge is 0.329 e. The van der Waals surface area contributed by atoms with Gasteiger partial charge in [0.15, 0.2) is 0 Å². The van der Waals surface area contributed by atoms with Gasteiger partial charge in [0.1, 0.15) is 6.54 Å². The number of benzene rings is 1. The van der Waals surface area contributed by atoms with Gasteiger partial charge in [0.2, 0.25) is 0 Å². The number of alkyl halides is 6. The maximum absolute atomic E-state index is 12.5. The molecule has 112 valence electrons. The molecule has 0 fully saturated rings. The lowest BCUT2D eigenvalue weighted by Gasteiger charge is -2.12. The molecule has 0 aromatic heterocycles. The highest BCUT2D eigenvalue weighted by atomic mass is 79.9. The van der Waals surface area contributed by atoms with E-state index in [1.54, 1.807) is 0 Å². The Morgan fingerprint density at radius 1 is 1.10 bits per heavy atom.